The van der Waals surface area contributed by atoms with Crippen molar-refractivity contribution in [3.05, 3.63) is 48.5 Å². The predicted octanol–water partition coefficient (Wildman–Crippen LogP) is 3.52. The first-order valence-corrected chi connectivity index (χ1v) is 8.44. The summed E-state index contributed by atoms with van der Waals surface area (Å²) in [6, 6.07) is 7.83. The predicted molar refractivity (Wildman–Crippen MR) is 105 cm³/mol. The normalized spacial score (nSPS) is 10.8. The molecule has 8 heteroatoms. The molecule has 0 saturated carbocycles. The zero-order valence-electron chi connectivity index (χ0n) is 15.2. The molecule has 0 bridgehead atoms. The molecule has 0 aliphatic rings. The zero-order chi connectivity index (χ0) is 18.8. The van der Waals surface area contributed by atoms with E-state index in [0.717, 1.165) is 39.4 Å². The highest BCUT2D eigenvalue weighted by Gasteiger charge is 2.12. The summed E-state index contributed by atoms with van der Waals surface area (Å²) in [5.74, 6) is 1.77. The van der Waals surface area contributed by atoms with E-state index in [9.17, 15) is 0 Å². The fourth-order valence-corrected chi connectivity index (χ4v) is 2.88. The third kappa shape index (κ3) is 3.37. The van der Waals surface area contributed by atoms with Gasteiger partial charge in [0.2, 0.25) is 11.8 Å². The van der Waals surface area contributed by atoms with Gasteiger partial charge in [0, 0.05) is 30.4 Å². The Balaban J connectivity index is 1.73. The summed E-state index contributed by atoms with van der Waals surface area (Å²) in [5, 5.41) is 7.31. The average molecular weight is 361 g/mol. The number of rotatable bonds is 5. The summed E-state index contributed by atoms with van der Waals surface area (Å²) in [5.41, 5.74) is 4.30. The van der Waals surface area contributed by atoms with E-state index >= 15 is 0 Å². The van der Waals surface area contributed by atoms with Crippen LogP contribution in [-0.2, 0) is 0 Å². The van der Waals surface area contributed by atoms with Crippen molar-refractivity contribution in [3.63, 3.8) is 0 Å². The Bertz CT molecular complexity index is 1070. The van der Waals surface area contributed by atoms with Gasteiger partial charge in [-0.2, -0.15) is 4.98 Å². The maximum Gasteiger partial charge on any atom is 0.229 e. The number of methoxy groups -OCH3 is 1. The number of H-pyrrole nitrogens is 1. The van der Waals surface area contributed by atoms with Crippen molar-refractivity contribution in [1.82, 2.24) is 24.9 Å². The van der Waals surface area contributed by atoms with Crippen LogP contribution in [0.1, 0.15) is 5.69 Å². The van der Waals surface area contributed by atoms with E-state index in [2.05, 4.69) is 35.6 Å². The average Bonchev–Trinajstić information content (AvgIpc) is 3.11. The molecule has 0 amide bonds. The number of aromatic nitrogens is 5. The molecule has 3 N–H and O–H groups in total. The first-order chi connectivity index (χ1) is 13.2. The van der Waals surface area contributed by atoms with Crippen molar-refractivity contribution >= 4 is 28.4 Å². The van der Waals surface area contributed by atoms with Crippen LogP contribution >= 0.6 is 0 Å². The Morgan fingerprint density at radius 2 is 2.00 bits per heavy atom. The Morgan fingerprint density at radius 3 is 2.78 bits per heavy atom. The standard InChI is InChI=1S/C19H19N7O/c1-11-6-17(20-2)26-19(23-11)24-13-8-14(18(27-3)22-9-13)15-7-12-4-5-21-10-16(12)25-15/h4-10,25H,1-3H3,(H2,20,23,24,26). The number of hydrogen-bond donors (Lipinski definition) is 3. The molecule has 0 aromatic carbocycles. The molecular weight excluding hydrogens is 342 g/mol. The Morgan fingerprint density at radius 1 is 1.11 bits per heavy atom. The van der Waals surface area contributed by atoms with Crippen LogP contribution < -0.4 is 15.4 Å². The molecule has 4 heterocycles. The van der Waals surface area contributed by atoms with Crippen LogP contribution in [0.5, 0.6) is 5.88 Å². The van der Waals surface area contributed by atoms with E-state index in [1.165, 1.54) is 0 Å². The van der Waals surface area contributed by atoms with Crippen molar-refractivity contribution < 1.29 is 4.74 Å². The molecule has 0 aliphatic heterocycles. The maximum atomic E-state index is 5.44. The molecule has 8 nitrogen and oxygen atoms in total. The van der Waals surface area contributed by atoms with Crippen LogP contribution in [0.4, 0.5) is 17.5 Å². The third-order valence-corrected chi connectivity index (χ3v) is 4.13. The van der Waals surface area contributed by atoms with Crippen molar-refractivity contribution in [2.75, 3.05) is 24.8 Å². The second-order valence-electron chi connectivity index (χ2n) is 6.02. The van der Waals surface area contributed by atoms with E-state index in [1.54, 1.807) is 25.7 Å². The molecule has 4 rings (SSSR count). The Hall–Kier alpha value is -3.68. The van der Waals surface area contributed by atoms with Crippen molar-refractivity contribution in [2.24, 2.45) is 0 Å². The van der Waals surface area contributed by atoms with Crippen LogP contribution in [0.2, 0.25) is 0 Å². The van der Waals surface area contributed by atoms with Crippen molar-refractivity contribution in [3.8, 4) is 17.1 Å². The smallest absolute Gasteiger partial charge is 0.229 e. The topological polar surface area (TPSA) is 101 Å². The number of fused-ring (bicyclic) bond motifs is 1. The molecular formula is C19H19N7O. The van der Waals surface area contributed by atoms with Gasteiger partial charge in [0.1, 0.15) is 5.82 Å². The van der Waals surface area contributed by atoms with Crippen LogP contribution in [-0.4, -0.2) is 39.1 Å². The highest BCUT2D eigenvalue weighted by atomic mass is 16.5. The van der Waals surface area contributed by atoms with Crippen molar-refractivity contribution in [1.29, 1.82) is 0 Å². The Kier molecular flexibility index (Phi) is 4.29. The number of hydrogen-bond acceptors (Lipinski definition) is 7. The van der Waals surface area contributed by atoms with Gasteiger partial charge in [-0.3, -0.25) is 4.98 Å². The second-order valence-corrected chi connectivity index (χ2v) is 6.02. The number of nitrogens with zero attached hydrogens (tertiary/aromatic N) is 4. The minimum absolute atomic E-state index is 0.498. The molecule has 0 radical (unpaired) electrons. The molecule has 0 atom stereocenters. The van der Waals surface area contributed by atoms with E-state index in [4.69, 9.17) is 4.74 Å². The molecule has 136 valence electrons. The van der Waals surface area contributed by atoms with Crippen LogP contribution in [0.15, 0.2) is 42.9 Å². The fraction of sp³-hybridized carbons (Fsp3) is 0.158. The highest BCUT2D eigenvalue weighted by Crippen LogP contribution is 2.32. The lowest BCUT2D eigenvalue weighted by Gasteiger charge is -2.11. The van der Waals surface area contributed by atoms with Gasteiger partial charge >= 0.3 is 0 Å². The van der Waals surface area contributed by atoms with Gasteiger partial charge < -0.3 is 20.4 Å². The monoisotopic (exact) mass is 361 g/mol. The van der Waals surface area contributed by atoms with Gasteiger partial charge in [-0.25, -0.2) is 9.97 Å². The largest absolute Gasteiger partial charge is 0.481 e. The van der Waals surface area contributed by atoms with Crippen LogP contribution in [0, 0.1) is 6.92 Å². The molecule has 0 spiro atoms. The molecule has 4 aromatic heterocycles. The summed E-state index contributed by atoms with van der Waals surface area (Å²) in [6.07, 6.45) is 5.25. The second kappa shape index (κ2) is 6.91. The van der Waals surface area contributed by atoms with E-state index in [0.29, 0.717) is 11.8 Å². The Labute approximate surface area is 156 Å². The minimum Gasteiger partial charge on any atom is -0.481 e. The summed E-state index contributed by atoms with van der Waals surface area (Å²) >= 11 is 0. The lowest BCUT2D eigenvalue weighted by atomic mass is 10.2. The first kappa shape index (κ1) is 16.8. The highest BCUT2D eigenvalue weighted by molar-refractivity contribution is 5.86. The first-order valence-electron chi connectivity index (χ1n) is 8.44. The van der Waals surface area contributed by atoms with Gasteiger partial charge in [0.15, 0.2) is 0 Å². The number of pyridine rings is 2. The summed E-state index contributed by atoms with van der Waals surface area (Å²) in [4.78, 5) is 20.8. The van der Waals surface area contributed by atoms with E-state index in [-0.39, 0.29) is 0 Å². The lowest BCUT2D eigenvalue weighted by molar-refractivity contribution is 0.399. The van der Waals surface area contributed by atoms with E-state index < -0.39 is 0 Å². The number of anilines is 3. The van der Waals surface area contributed by atoms with Gasteiger partial charge in [0.25, 0.3) is 0 Å². The summed E-state index contributed by atoms with van der Waals surface area (Å²) in [7, 11) is 3.43. The fourth-order valence-electron chi connectivity index (χ4n) is 2.88. The van der Waals surface area contributed by atoms with Gasteiger partial charge in [0.05, 0.1) is 42.0 Å². The zero-order valence-corrected chi connectivity index (χ0v) is 15.2. The molecule has 0 aliphatic carbocycles. The van der Waals surface area contributed by atoms with Crippen molar-refractivity contribution in [2.45, 2.75) is 6.92 Å². The summed E-state index contributed by atoms with van der Waals surface area (Å²) in [6.45, 7) is 1.92. The third-order valence-electron chi connectivity index (χ3n) is 4.13. The van der Waals surface area contributed by atoms with Gasteiger partial charge in [-0.05, 0) is 25.1 Å². The minimum atomic E-state index is 0.498. The molecule has 0 fully saturated rings. The number of nitrogens with one attached hydrogen (secondary N) is 3. The maximum absolute atomic E-state index is 5.44. The number of aromatic amines is 1. The quantitative estimate of drug-likeness (QED) is 0.500. The van der Waals surface area contributed by atoms with Gasteiger partial charge in [-0.1, -0.05) is 0 Å². The van der Waals surface area contributed by atoms with Gasteiger partial charge in [-0.15, -0.1) is 0 Å². The summed E-state index contributed by atoms with van der Waals surface area (Å²) < 4.78 is 5.44. The SMILES string of the molecule is CNc1cc(C)nc(Nc2cnc(OC)c(-c3cc4ccncc4[nH]3)c2)n1. The molecule has 27 heavy (non-hydrogen) atoms. The molecule has 4 aromatic rings. The van der Waals surface area contributed by atoms with Crippen LogP contribution in [0.3, 0.4) is 0 Å². The molecule has 0 unspecified atom stereocenters. The van der Waals surface area contributed by atoms with Crippen LogP contribution in [0.25, 0.3) is 22.2 Å². The lowest BCUT2D eigenvalue weighted by Crippen LogP contribution is -2.03. The van der Waals surface area contributed by atoms with E-state index in [1.807, 2.05) is 38.2 Å². The number of ether oxygens (including phenoxy) is 1. The number of aryl methyl sites for hydroxylation is 1. The molecule has 0 saturated heterocycles.